The fourth-order valence-corrected chi connectivity index (χ4v) is 1.08. The van der Waals surface area contributed by atoms with E-state index in [1.807, 2.05) is 6.92 Å². The maximum absolute atomic E-state index is 11.2. The van der Waals surface area contributed by atoms with Crippen molar-refractivity contribution in [1.29, 1.82) is 0 Å². The molecule has 12 heavy (non-hydrogen) atoms. The minimum Gasteiger partial charge on any atom is -0.368 e. The Morgan fingerprint density at radius 1 is 1.58 bits per heavy atom. The molecule has 0 radical (unpaired) electrons. The number of rotatable bonds is 3. The van der Waals surface area contributed by atoms with Gasteiger partial charge in [0, 0.05) is 5.92 Å². The monoisotopic (exact) mass is 170 g/mol. The second-order valence-electron chi connectivity index (χ2n) is 3.45. The highest BCUT2D eigenvalue weighted by Gasteiger charge is 2.39. The Balaban J connectivity index is 2.31. The lowest BCUT2D eigenvalue weighted by Crippen LogP contribution is -2.43. The van der Waals surface area contributed by atoms with Gasteiger partial charge in [0.05, 0.1) is 0 Å². The van der Waals surface area contributed by atoms with Crippen LogP contribution < -0.4 is 11.1 Å². The van der Waals surface area contributed by atoms with E-state index in [1.54, 1.807) is 6.92 Å². The van der Waals surface area contributed by atoms with Crippen LogP contribution >= 0.6 is 0 Å². The molecular formula is C8H14N2O2. The molecule has 68 valence electrons. The molecule has 1 fully saturated rings. The van der Waals surface area contributed by atoms with Gasteiger partial charge in [-0.15, -0.1) is 0 Å². The van der Waals surface area contributed by atoms with Gasteiger partial charge >= 0.3 is 0 Å². The summed E-state index contributed by atoms with van der Waals surface area (Å²) < 4.78 is 0. The molecule has 1 saturated carbocycles. The number of amides is 2. The highest BCUT2D eigenvalue weighted by Crippen LogP contribution is 2.37. The molecule has 0 spiro atoms. The van der Waals surface area contributed by atoms with E-state index >= 15 is 0 Å². The van der Waals surface area contributed by atoms with Crippen molar-refractivity contribution in [3.05, 3.63) is 0 Å². The van der Waals surface area contributed by atoms with Crippen molar-refractivity contribution in [1.82, 2.24) is 5.32 Å². The molecule has 0 bridgehead atoms. The molecule has 0 aliphatic heterocycles. The molecule has 3 unspecified atom stereocenters. The lowest BCUT2D eigenvalue weighted by atomic mass is 10.2. The number of carbonyl (C=O) groups is 2. The average Bonchev–Trinajstić information content (AvgIpc) is 2.66. The SMILES string of the molecule is CC(NC(=O)C1CC1C)C(N)=O. The Hall–Kier alpha value is -1.06. The summed E-state index contributed by atoms with van der Waals surface area (Å²) in [6.45, 7) is 3.60. The van der Waals surface area contributed by atoms with E-state index in [0.29, 0.717) is 5.92 Å². The first-order valence-electron chi connectivity index (χ1n) is 4.12. The van der Waals surface area contributed by atoms with Gasteiger partial charge in [-0.3, -0.25) is 9.59 Å². The largest absolute Gasteiger partial charge is 0.368 e. The van der Waals surface area contributed by atoms with E-state index in [4.69, 9.17) is 5.73 Å². The van der Waals surface area contributed by atoms with Crippen molar-refractivity contribution in [2.45, 2.75) is 26.3 Å². The van der Waals surface area contributed by atoms with E-state index in [9.17, 15) is 9.59 Å². The number of primary amides is 1. The number of nitrogens with one attached hydrogen (secondary N) is 1. The van der Waals surface area contributed by atoms with Gasteiger partial charge in [0.2, 0.25) is 11.8 Å². The van der Waals surface area contributed by atoms with Crippen LogP contribution in [0.5, 0.6) is 0 Å². The Labute approximate surface area is 71.5 Å². The molecular weight excluding hydrogens is 156 g/mol. The van der Waals surface area contributed by atoms with Gasteiger partial charge in [-0.05, 0) is 19.3 Å². The van der Waals surface area contributed by atoms with Crippen LogP contribution in [0, 0.1) is 11.8 Å². The second kappa shape index (κ2) is 3.13. The first kappa shape index (κ1) is 9.03. The Morgan fingerprint density at radius 3 is 2.42 bits per heavy atom. The minimum atomic E-state index is -0.551. The van der Waals surface area contributed by atoms with Crippen LogP contribution in [0.15, 0.2) is 0 Å². The van der Waals surface area contributed by atoms with Gasteiger partial charge in [-0.1, -0.05) is 6.92 Å². The van der Waals surface area contributed by atoms with Gasteiger partial charge in [-0.2, -0.15) is 0 Å². The lowest BCUT2D eigenvalue weighted by Gasteiger charge is -2.08. The maximum atomic E-state index is 11.2. The quantitative estimate of drug-likeness (QED) is 0.606. The highest BCUT2D eigenvalue weighted by molar-refractivity contribution is 5.88. The third-order valence-corrected chi connectivity index (χ3v) is 2.23. The maximum Gasteiger partial charge on any atom is 0.239 e. The van der Waals surface area contributed by atoms with Crippen molar-refractivity contribution >= 4 is 11.8 Å². The van der Waals surface area contributed by atoms with Crippen molar-refractivity contribution in [2.24, 2.45) is 17.6 Å². The van der Waals surface area contributed by atoms with E-state index in [-0.39, 0.29) is 11.8 Å². The molecule has 1 aliphatic carbocycles. The fraction of sp³-hybridized carbons (Fsp3) is 0.750. The molecule has 3 N–H and O–H groups in total. The first-order chi connectivity index (χ1) is 5.52. The molecule has 0 aromatic carbocycles. The van der Waals surface area contributed by atoms with Crippen LogP contribution in [0.25, 0.3) is 0 Å². The molecule has 4 nitrogen and oxygen atoms in total. The zero-order chi connectivity index (χ0) is 9.30. The van der Waals surface area contributed by atoms with Crippen molar-refractivity contribution < 1.29 is 9.59 Å². The molecule has 0 aromatic rings. The summed E-state index contributed by atoms with van der Waals surface area (Å²) in [7, 11) is 0. The third-order valence-electron chi connectivity index (χ3n) is 2.23. The molecule has 1 aliphatic rings. The normalized spacial score (nSPS) is 29.2. The van der Waals surface area contributed by atoms with Crippen molar-refractivity contribution in [2.75, 3.05) is 0 Å². The minimum absolute atomic E-state index is 0.0474. The summed E-state index contributed by atoms with van der Waals surface area (Å²) in [5.41, 5.74) is 4.99. The van der Waals surface area contributed by atoms with E-state index in [1.165, 1.54) is 0 Å². The first-order valence-corrected chi connectivity index (χ1v) is 4.12. The summed E-state index contributed by atoms with van der Waals surface area (Å²) in [6.07, 6.45) is 0.928. The van der Waals surface area contributed by atoms with Crippen LogP contribution in [0.3, 0.4) is 0 Å². The molecule has 0 heterocycles. The van der Waals surface area contributed by atoms with Crippen molar-refractivity contribution in [3.63, 3.8) is 0 Å². The second-order valence-corrected chi connectivity index (χ2v) is 3.45. The van der Waals surface area contributed by atoms with Crippen LogP contribution in [0.2, 0.25) is 0 Å². The Bertz CT molecular complexity index is 215. The smallest absolute Gasteiger partial charge is 0.239 e. The van der Waals surface area contributed by atoms with Crippen LogP contribution in [0.1, 0.15) is 20.3 Å². The number of carbonyl (C=O) groups excluding carboxylic acids is 2. The van der Waals surface area contributed by atoms with Gasteiger partial charge in [-0.25, -0.2) is 0 Å². The van der Waals surface area contributed by atoms with Crippen LogP contribution in [0.4, 0.5) is 0 Å². The standard InChI is InChI=1S/C8H14N2O2/c1-4-3-6(4)8(12)10-5(2)7(9)11/h4-6H,3H2,1-2H3,(H2,9,11)(H,10,12). The third kappa shape index (κ3) is 1.96. The van der Waals surface area contributed by atoms with E-state index in [0.717, 1.165) is 6.42 Å². The molecule has 2 amide bonds. The molecule has 0 saturated heterocycles. The molecule has 3 atom stereocenters. The predicted octanol–water partition coefficient (Wildman–Crippen LogP) is -0.368. The number of nitrogens with two attached hydrogens (primary N) is 1. The molecule has 1 rings (SSSR count). The van der Waals surface area contributed by atoms with Crippen LogP contribution in [-0.2, 0) is 9.59 Å². The number of hydrogen-bond acceptors (Lipinski definition) is 2. The molecule has 0 aromatic heterocycles. The van der Waals surface area contributed by atoms with E-state index in [2.05, 4.69) is 5.32 Å². The summed E-state index contributed by atoms with van der Waals surface area (Å²) in [5, 5.41) is 2.56. The summed E-state index contributed by atoms with van der Waals surface area (Å²) >= 11 is 0. The summed E-state index contributed by atoms with van der Waals surface area (Å²) in [6, 6.07) is -0.551. The van der Waals surface area contributed by atoms with Gasteiger partial charge in [0.15, 0.2) is 0 Å². The number of hydrogen-bond donors (Lipinski definition) is 2. The highest BCUT2D eigenvalue weighted by atomic mass is 16.2. The lowest BCUT2D eigenvalue weighted by molar-refractivity contribution is -0.127. The zero-order valence-electron chi connectivity index (χ0n) is 7.33. The van der Waals surface area contributed by atoms with Crippen molar-refractivity contribution in [3.8, 4) is 0 Å². The van der Waals surface area contributed by atoms with E-state index < -0.39 is 11.9 Å². The fourth-order valence-electron chi connectivity index (χ4n) is 1.08. The average molecular weight is 170 g/mol. The Kier molecular flexibility index (Phi) is 2.35. The van der Waals surface area contributed by atoms with Crippen LogP contribution in [-0.4, -0.2) is 17.9 Å². The van der Waals surface area contributed by atoms with Gasteiger partial charge in [0.1, 0.15) is 6.04 Å². The summed E-state index contributed by atoms with van der Waals surface area (Å²) in [4.78, 5) is 21.8. The Morgan fingerprint density at radius 2 is 2.08 bits per heavy atom. The zero-order valence-corrected chi connectivity index (χ0v) is 7.33. The predicted molar refractivity (Wildman–Crippen MR) is 44.1 cm³/mol. The summed E-state index contributed by atoms with van der Waals surface area (Å²) in [5.74, 6) is 0.0299. The topological polar surface area (TPSA) is 72.2 Å². The van der Waals surface area contributed by atoms with Gasteiger partial charge in [0.25, 0.3) is 0 Å². The molecule has 4 heteroatoms. The van der Waals surface area contributed by atoms with Gasteiger partial charge < -0.3 is 11.1 Å².